The second kappa shape index (κ2) is 63.4. The van der Waals surface area contributed by atoms with E-state index in [1.165, 1.54) is 118 Å². The Labute approximate surface area is 802 Å². The van der Waals surface area contributed by atoms with Gasteiger partial charge in [0, 0.05) is 88.8 Å². The van der Waals surface area contributed by atoms with Gasteiger partial charge < -0.3 is 70.1 Å². The van der Waals surface area contributed by atoms with Gasteiger partial charge in [-0.3, -0.25) is 74.6 Å². The number of amides is 1. The fourth-order valence-electron chi connectivity index (χ4n) is 9.94. The van der Waals surface area contributed by atoms with Crippen LogP contribution in [-0.4, -0.2) is 197 Å². The molecule has 1 amide bonds. The first-order valence-corrected chi connectivity index (χ1v) is 40.5. The number of ether oxygens (including phenoxy) is 6. The summed E-state index contributed by atoms with van der Waals surface area (Å²) in [6.07, 6.45) is 0. The Hall–Kier alpha value is -13.7. The Bertz CT molecular complexity index is 5540. The molecular weight excluding hydrogens is 1900 g/mol. The van der Waals surface area contributed by atoms with Crippen molar-refractivity contribution in [2.24, 2.45) is 0 Å². The fraction of sp³-hybridized carbons (Fsp3) is 0.329. The van der Waals surface area contributed by atoms with E-state index in [4.69, 9.17) is 38.6 Å². The van der Waals surface area contributed by atoms with E-state index in [1.807, 2.05) is 43.9 Å². The third-order valence-corrected chi connectivity index (χ3v) is 16.5. The molecule has 0 aromatic heterocycles. The summed E-state index contributed by atoms with van der Waals surface area (Å²) in [6, 6.07) is 28.2. The average Bonchev–Trinajstić information content (AvgIpc) is 0.784. The first-order chi connectivity index (χ1) is 60.5. The molecule has 8 rings (SSSR count). The summed E-state index contributed by atoms with van der Waals surface area (Å²) in [5, 5.41) is 104. The van der Waals surface area contributed by atoms with Gasteiger partial charge in [0.1, 0.15) is 16.9 Å². The predicted octanol–water partition coefficient (Wildman–Crippen LogP) is 11.9. The number of nitro groups is 6. The van der Waals surface area contributed by atoms with Gasteiger partial charge >= 0.3 is 87.7 Å². The minimum Gasteiger partial charge on any atom is -0.850 e. The molecule has 0 saturated carbocycles. The third-order valence-electron chi connectivity index (χ3n) is 16.5. The van der Waals surface area contributed by atoms with Crippen LogP contribution in [0.15, 0.2) is 115 Å². The molecule has 0 saturated heterocycles. The maximum Gasteiger partial charge on any atom is 1.00 e. The zero-order chi connectivity index (χ0) is 103. The van der Waals surface area contributed by atoms with E-state index in [-0.39, 0.29) is 122 Å². The number of nitrogens with one attached hydrogen (secondary N) is 2. The molecule has 48 heteroatoms. The van der Waals surface area contributed by atoms with Crippen molar-refractivity contribution in [1.82, 2.24) is 0 Å². The molecule has 0 heterocycles. The van der Waals surface area contributed by atoms with Crippen LogP contribution in [0.3, 0.4) is 0 Å². The number of nitrogens with two attached hydrogens (primary N) is 1. The van der Waals surface area contributed by atoms with Gasteiger partial charge in [-0.15, -0.1) is 5.60 Å². The van der Waals surface area contributed by atoms with Gasteiger partial charge in [-0.25, -0.2) is 38.4 Å². The number of non-ortho nitro benzene ring substituents is 2. The van der Waals surface area contributed by atoms with Gasteiger partial charge in [0.15, 0.2) is 0 Å². The molecule has 0 aliphatic carbocycles. The van der Waals surface area contributed by atoms with E-state index >= 15 is 0 Å². The molecule has 45 nitrogen and oxygen atoms in total. The molecule has 9 N–H and O–H groups in total. The largest absolute Gasteiger partial charge is 1.00 e. The van der Waals surface area contributed by atoms with Crippen molar-refractivity contribution in [3.8, 4) is 0 Å². The van der Waals surface area contributed by atoms with Crippen LogP contribution in [0.1, 0.15) is 179 Å². The number of benzene rings is 8. The Kier molecular flexibility index (Phi) is 62.0. The zero-order valence-electron chi connectivity index (χ0n) is 77.4. The number of carboxylic acids is 2. The number of methoxy groups -OCH3 is 6. The smallest absolute Gasteiger partial charge is 0.850 e. The number of aryl methyl sites for hydroxylation is 11. The van der Waals surface area contributed by atoms with Crippen LogP contribution in [0.2, 0.25) is 0 Å². The number of hydrogen-bond acceptors (Lipinski definition) is 34. The number of aromatic carboxylic acids is 2. The molecule has 8 aromatic carbocycles. The first kappa shape index (κ1) is 130. The normalized spacial score (nSPS) is 9.53. The number of carbonyl (C=O) groups excluding carboxylic acids is 7. The van der Waals surface area contributed by atoms with Crippen molar-refractivity contribution in [3.05, 3.63) is 282 Å². The Morgan fingerprint density at radius 3 is 1.03 bits per heavy atom. The minimum atomic E-state index is -4.67. The number of rotatable bonds is 17. The molecule has 0 spiro atoms. The van der Waals surface area contributed by atoms with Crippen molar-refractivity contribution < 1.29 is 169 Å². The molecule has 0 aliphatic rings. The summed E-state index contributed by atoms with van der Waals surface area (Å²) in [5.41, 5.74) is 14.5. The van der Waals surface area contributed by atoms with E-state index in [1.54, 1.807) is 108 Å². The molecule has 0 aliphatic heterocycles. The molecule has 8 aromatic rings. The van der Waals surface area contributed by atoms with Crippen LogP contribution in [0.4, 0.5) is 56.9 Å². The van der Waals surface area contributed by atoms with E-state index in [2.05, 4.69) is 61.6 Å². The number of anilines is 4. The van der Waals surface area contributed by atoms with Gasteiger partial charge in [-0.1, -0.05) is 92.8 Å². The van der Waals surface area contributed by atoms with Crippen LogP contribution in [0, 0.1) is 137 Å². The topological polar surface area (TPSA) is 680 Å². The van der Waals surface area contributed by atoms with Gasteiger partial charge in [0.05, 0.1) is 123 Å². The number of aliphatic hydroxyl groups is 1. The summed E-state index contributed by atoms with van der Waals surface area (Å²) in [6.45, 7) is 24.6. The Morgan fingerprint density at radius 1 is 0.406 bits per heavy atom. The van der Waals surface area contributed by atoms with Gasteiger partial charge in [-0.05, 0) is 162 Å². The maximum absolute atomic E-state index is 11.4. The molecule has 0 radical (unpaired) electrons. The molecule has 0 bridgehead atoms. The minimum absolute atomic E-state index is 0. The van der Waals surface area contributed by atoms with E-state index in [9.17, 15) is 109 Å². The number of halogens is 1. The van der Waals surface area contributed by atoms with E-state index in [0.29, 0.717) is 66.9 Å². The predicted molar refractivity (Wildman–Crippen MR) is 497 cm³/mol. The van der Waals surface area contributed by atoms with Crippen LogP contribution >= 0.6 is 22.6 Å². The average molecular weight is 2010 g/mol. The van der Waals surface area contributed by atoms with Crippen molar-refractivity contribution in [1.29, 1.82) is 0 Å². The molecule has 0 unspecified atom stereocenters. The number of hydrogen-bond donors (Lipinski definition) is 8. The van der Waals surface area contributed by atoms with Crippen LogP contribution in [0.5, 0.6) is 0 Å². The van der Waals surface area contributed by atoms with Crippen LogP contribution < -0.4 is 55.9 Å². The van der Waals surface area contributed by atoms with E-state index in [0.717, 1.165) is 52.6 Å². The number of alkyl halides is 1. The SMILES string of the molecule is C.CC(=O)N(C)c1cc(C(=O)O)c(C)cc1[N+](=O)[O-].CC(C)(C)[O-].CI.CNc1cc(C(=O)OC)c(C)cc1N.CNc1cc(C(=O)OC)c(C)cc1[N+](=O)[O-].CO.COC(=O)c1c(C)ccc(C)c1[N+](=O)[O-].COC(=O)c1cc(C)c([N+](=O)[O-])cc1C.COC(=O)c1cc(C)ccc1C.COC(=O)c1cc([N+](=O)[O-])ccc1C.Cc1ccc([N+](=O)[O-])cc1C(=O)O.O=S(=O)(O)O.[Na+]. The zero-order valence-corrected chi connectivity index (χ0v) is 82.4. The van der Waals surface area contributed by atoms with Gasteiger partial charge in [0.25, 0.3) is 34.1 Å². The molecular formula is C85H110IN10NaO35S. The summed E-state index contributed by atoms with van der Waals surface area (Å²) >= 11 is 2.15. The second-order valence-electron chi connectivity index (χ2n) is 27.0. The first-order valence-electron chi connectivity index (χ1n) is 36.9. The number of carbonyl (C=O) groups is 9. The summed E-state index contributed by atoms with van der Waals surface area (Å²) in [5.74, 6) is -5.61. The number of esters is 6. The number of carboxylic acid groups (broad SMARTS) is 2. The monoisotopic (exact) mass is 2010 g/mol. The standard InChI is InChI=1S/C11H12N2O5.C10H12N2O4.C10H14N2O2.2C10H11NO4.C10H12O2.C9H9NO4.C8H7NO4.C4H9O.CH3I.CH4O.CH4.Na.H2O4S/c1-6-4-10(13(17)18)9(12(3)7(2)14)5-8(6)11(15)16;1-6-4-9(12(14)15)8(11-2)5-7(6)10(13)16-3;1-6-4-8(11)9(12-2)5-7(6)10(13)14-3;1-6-5-9(11(13)14)7(2)4-8(6)10(12)15-3;1-6-4-5-7(2)9(11(13)14)8(6)10(12)15-3;1-7-4-5-8(2)9(6-7)10(11)12-3;1-6-3-4-7(10(12)13)5-8(6)9(11)14-2;1-5-2-3-6(9(12)13)4-7(5)8(10)11;1-4(2,3)5;2*1-2;;;1-5(2,3)4/h4-5H,1-3H3,(H,15,16);4-5,11H,1-3H3;4-5,12H,11H2,1-3H3;2*4-5H,1-3H3;4-6H,1-3H3;3-5H,1-2H3;2-4H,1H3,(H,10,11);1-3H3;1H3;2H,1H3;1H4;;(H2,1,2,3,4)/q;;;;;;;;-1;;;;+1;. The Morgan fingerprint density at radius 2 is 0.692 bits per heavy atom. The fourth-order valence-corrected chi connectivity index (χ4v) is 9.94. The number of aliphatic hydroxyl groups excluding tert-OH is 1. The summed E-state index contributed by atoms with van der Waals surface area (Å²) < 4.78 is 59.0. The maximum atomic E-state index is 11.4. The molecule has 724 valence electrons. The van der Waals surface area contributed by atoms with Gasteiger partial charge in [0.2, 0.25) is 5.91 Å². The number of nitro benzene ring substituents is 6. The molecule has 0 atom stereocenters. The van der Waals surface area contributed by atoms with Crippen molar-refractivity contribution in [2.45, 2.75) is 117 Å². The number of nitrogen functional groups attached to an aromatic ring is 1. The number of nitrogens with zero attached hydrogens (tertiary/aromatic N) is 7. The van der Waals surface area contributed by atoms with Crippen molar-refractivity contribution in [3.63, 3.8) is 0 Å². The van der Waals surface area contributed by atoms with Crippen molar-refractivity contribution >= 4 is 144 Å². The Balaban J connectivity index is -0.000000339. The molecule has 0 fully saturated rings. The quantitative estimate of drug-likeness (QED) is 0.00483. The summed E-state index contributed by atoms with van der Waals surface area (Å²) in [4.78, 5) is 164. The van der Waals surface area contributed by atoms with E-state index < -0.39 is 87.3 Å². The van der Waals surface area contributed by atoms with Crippen LogP contribution in [-0.2, 0) is 43.6 Å². The molecule has 133 heavy (non-hydrogen) atoms. The van der Waals surface area contributed by atoms with Gasteiger partial charge in [-0.2, -0.15) is 8.42 Å². The second-order valence-corrected chi connectivity index (χ2v) is 27.9. The summed E-state index contributed by atoms with van der Waals surface area (Å²) in [7, 11) is 8.73. The van der Waals surface area contributed by atoms with Crippen LogP contribution in [0.25, 0.3) is 0 Å². The van der Waals surface area contributed by atoms with Crippen molar-refractivity contribution in [2.75, 3.05) is 97.1 Å². The third kappa shape index (κ3) is 46.1.